The van der Waals surface area contributed by atoms with Crippen LogP contribution < -0.4 is 0 Å². The molecule has 2 rings (SSSR count). The van der Waals surface area contributed by atoms with Crippen molar-refractivity contribution in [3.63, 3.8) is 0 Å². The molecular weight excluding hydrogens is 350 g/mol. The van der Waals surface area contributed by atoms with Crippen LogP contribution in [0.2, 0.25) is 0 Å². The van der Waals surface area contributed by atoms with Crippen LogP contribution in [0.4, 0.5) is 0 Å². The summed E-state index contributed by atoms with van der Waals surface area (Å²) in [5.41, 5.74) is 3.82. The van der Waals surface area contributed by atoms with E-state index in [4.69, 9.17) is 0 Å². The largest absolute Gasteiger partial charge is 0.298 e. The van der Waals surface area contributed by atoms with Gasteiger partial charge in [0.2, 0.25) is 0 Å². The summed E-state index contributed by atoms with van der Waals surface area (Å²) in [6.45, 7) is 8.19. The maximum Gasteiger partial charge on any atom is 0.0234 e. The quantitative estimate of drug-likeness (QED) is 0.419. The summed E-state index contributed by atoms with van der Waals surface area (Å²) in [7, 11) is 2.13. The van der Waals surface area contributed by atoms with Crippen LogP contribution in [0, 0.1) is 17.3 Å². The summed E-state index contributed by atoms with van der Waals surface area (Å²) < 4.78 is 0. The monoisotopic (exact) mass is 379 g/mol. The summed E-state index contributed by atoms with van der Waals surface area (Å²) >= 11 is 0. The summed E-state index contributed by atoms with van der Waals surface area (Å²) in [5, 5.41) is 0. The third-order valence-corrected chi connectivity index (χ3v) is 3.74. The highest BCUT2D eigenvalue weighted by molar-refractivity contribution is 5.85. The minimum atomic E-state index is 0. The van der Waals surface area contributed by atoms with Crippen molar-refractivity contribution in [2.75, 3.05) is 13.6 Å². The number of benzene rings is 2. The van der Waals surface area contributed by atoms with Gasteiger partial charge in [-0.2, -0.15) is 0 Å². The molecule has 0 spiro atoms. The highest BCUT2D eigenvalue weighted by atomic mass is 35.5. The number of allylic oxidation sites excluding steroid dienone is 1. The third kappa shape index (κ3) is 9.85. The highest BCUT2D eigenvalue weighted by Crippen LogP contribution is 2.12. The molecule has 0 saturated carbocycles. The Hall–Kier alpha value is -2.27. The van der Waals surface area contributed by atoms with Gasteiger partial charge < -0.3 is 0 Å². The van der Waals surface area contributed by atoms with Crippen LogP contribution in [0.3, 0.4) is 0 Å². The molecule has 0 atom stereocenters. The number of hydrogen-bond donors (Lipinski definition) is 0. The van der Waals surface area contributed by atoms with E-state index in [1.807, 2.05) is 12.1 Å². The average Bonchev–Trinajstić information content (AvgIpc) is 2.60. The number of likely N-dealkylation sites (N-methyl/N-ethyl adjacent to an activating group) is 1. The minimum absolute atomic E-state index is 0. The Labute approximate surface area is 171 Å². The Bertz CT molecular complexity index is 801. The van der Waals surface area contributed by atoms with Gasteiger partial charge in [0.25, 0.3) is 0 Å². The number of rotatable bonds is 6. The molecule has 0 unspecified atom stereocenters. The molecule has 1 nitrogen and oxygen atoms in total. The second kappa shape index (κ2) is 11.4. The first-order valence-corrected chi connectivity index (χ1v) is 9.11. The second-order valence-electron chi connectivity index (χ2n) is 7.61. The van der Waals surface area contributed by atoms with Crippen molar-refractivity contribution in [1.29, 1.82) is 0 Å². The first kappa shape index (κ1) is 22.8. The molecule has 2 aromatic rings. The van der Waals surface area contributed by atoms with Gasteiger partial charge in [-0.1, -0.05) is 84.7 Å². The molecule has 0 radical (unpaired) electrons. The van der Waals surface area contributed by atoms with Crippen LogP contribution in [-0.2, 0) is 6.54 Å². The summed E-state index contributed by atoms with van der Waals surface area (Å²) in [5.74, 6) is 6.34. The van der Waals surface area contributed by atoms with Gasteiger partial charge in [-0.15, -0.1) is 12.4 Å². The fourth-order valence-corrected chi connectivity index (χ4v) is 2.48. The molecule has 0 aliphatic rings. The zero-order valence-corrected chi connectivity index (χ0v) is 17.6. The zero-order valence-electron chi connectivity index (χ0n) is 16.8. The highest BCUT2D eigenvalue weighted by Gasteiger charge is 2.02. The van der Waals surface area contributed by atoms with Crippen LogP contribution in [0.25, 0.3) is 12.2 Å². The smallest absolute Gasteiger partial charge is 0.0234 e. The van der Waals surface area contributed by atoms with Gasteiger partial charge >= 0.3 is 0 Å². The van der Waals surface area contributed by atoms with E-state index < -0.39 is 0 Å². The fraction of sp³-hybridized carbons (Fsp3) is 0.280. The van der Waals surface area contributed by atoms with Gasteiger partial charge in [0.05, 0.1) is 0 Å². The molecule has 0 saturated heterocycles. The first-order valence-electron chi connectivity index (χ1n) is 9.11. The van der Waals surface area contributed by atoms with Gasteiger partial charge in [0, 0.05) is 18.5 Å². The molecule has 0 heterocycles. The summed E-state index contributed by atoms with van der Waals surface area (Å²) in [6.07, 6.45) is 8.40. The van der Waals surface area contributed by atoms with Gasteiger partial charge in [0.15, 0.2) is 0 Å². The van der Waals surface area contributed by atoms with Crippen molar-refractivity contribution in [2.24, 2.45) is 5.41 Å². The minimum Gasteiger partial charge on any atom is -0.298 e. The molecule has 2 aromatic carbocycles. The molecule has 0 N–H and O–H groups in total. The van der Waals surface area contributed by atoms with E-state index in [0.717, 1.165) is 13.1 Å². The molecule has 0 amide bonds. The lowest BCUT2D eigenvalue weighted by Crippen LogP contribution is -2.17. The molecule has 0 bridgehead atoms. The van der Waals surface area contributed by atoms with Crippen molar-refractivity contribution >= 4 is 24.6 Å². The van der Waals surface area contributed by atoms with E-state index in [1.165, 1.54) is 16.7 Å². The van der Waals surface area contributed by atoms with E-state index in [-0.39, 0.29) is 17.8 Å². The van der Waals surface area contributed by atoms with Crippen molar-refractivity contribution in [3.05, 3.63) is 83.4 Å². The lowest BCUT2D eigenvalue weighted by Gasteiger charge is -2.14. The van der Waals surface area contributed by atoms with E-state index >= 15 is 0 Å². The molecule has 0 aliphatic heterocycles. The Kier molecular flexibility index (Phi) is 9.65. The molecule has 0 aliphatic carbocycles. The number of hydrogen-bond acceptors (Lipinski definition) is 1. The maximum atomic E-state index is 3.22. The second-order valence-corrected chi connectivity index (χ2v) is 7.61. The van der Waals surface area contributed by atoms with E-state index in [1.54, 1.807) is 0 Å². The summed E-state index contributed by atoms with van der Waals surface area (Å²) in [4.78, 5) is 2.29. The molecule has 142 valence electrons. The van der Waals surface area contributed by atoms with Gasteiger partial charge in [0.1, 0.15) is 0 Å². The Morgan fingerprint density at radius 3 is 2.30 bits per heavy atom. The summed E-state index contributed by atoms with van der Waals surface area (Å²) in [6, 6.07) is 19.1. The lowest BCUT2D eigenvalue weighted by molar-refractivity contribution is 0.363. The zero-order chi connectivity index (χ0) is 18.8. The molecule has 0 fully saturated rings. The fourth-order valence-electron chi connectivity index (χ4n) is 2.48. The number of halogens is 1. The Morgan fingerprint density at radius 2 is 1.59 bits per heavy atom. The predicted molar refractivity (Wildman–Crippen MR) is 122 cm³/mol. The molecule has 2 heteroatoms. The van der Waals surface area contributed by atoms with E-state index in [0.29, 0.717) is 0 Å². The van der Waals surface area contributed by atoms with E-state index in [9.17, 15) is 0 Å². The van der Waals surface area contributed by atoms with Crippen LogP contribution in [0.15, 0.2) is 66.7 Å². The predicted octanol–water partition coefficient (Wildman–Crippen LogP) is 6.32. The maximum absolute atomic E-state index is 3.22. The molecule has 0 aromatic heterocycles. The van der Waals surface area contributed by atoms with E-state index in [2.05, 4.69) is 111 Å². The first-order chi connectivity index (χ1) is 12.4. The standard InChI is InChI=1S/C25H29N.ClH/c1-25(2,3)18-9-6-10-19-26(4)21-24-15-11-14-23(20-24)17-16-22-12-7-5-8-13-22;/h5-8,10-17,20H,19,21H2,1-4H3;1H/b10-6+,17-16?;. The van der Waals surface area contributed by atoms with Gasteiger partial charge in [-0.3, -0.25) is 4.90 Å². The SMILES string of the molecule is CN(C/C=C/C#CC(C)(C)C)Cc1cccc(C=Cc2ccccc2)c1.Cl. The van der Waals surface area contributed by atoms with Crippen molar-refractivity contribution < 1.29 is 0 Å². The van der Waals surface area contributed by atoms with Crippen LogP contribution in [-0.4, -0.2) is 18.5 Å². The molecular formula is C25H30ClN. The van der Waals surface area contributed by atoms with Crippen molar-refractivity contribution in [3.8, 4) is 11.8 Å². The topological polar surface area (TPSA) is 3.24 Å². The van der Waals surface area contributed by atoms with Gasteiger partial charge in [-0.25, -0.2) is 0 Å². The lowest BCUT2D eigenvalue weighted by atomic mass is 9.98. The van der Waals surface area contributed by atoms with Crippen LogP contribution in [0.1, 0.15) is 37.5 Å². The van der Waals surface area contributed by atoms with Crippen molar-refractivity contribution in [2.45, 2.75) is 27.3 Å². The normalized spacial score (nSPS) is 11.4. The van der Waals surface area contributed by atoms with Crippen molar-refractivity contribution in [1.82, 2.24) is 4.90 Å². The van der Waals surface area contributed by atoms with Crippen LogP contribution >= 0.6 is 12.4 Å². The number of nitrogens with zero attached hydrogens (tertiary/aromatic N) is 1. The molecule has 27 heavy (non-hydrogen) atoms. The van der Waals surface area contributed by atoms with Crippen LogP contribution in [0.5, 0.6) is 0 Å². The Balaban J connectivity index is 0.00000364. The average molecular weight is 380 g/mol. The third-order valence-electron chi connectivity index (χ3n) is 3.74. The van der Waals surface area contributed by atoms with Gasteiger partial charge in [-0.05, 0) is 50.6 Å². The Morgan fingerprint density at radius 1 is 0.926 bits per heavy atom.